The van der Waals surface area contributed by atoms with Crippen LogP contribution in [0.5, 0.6) is 0 Å². The highest BCUT2D eigenvalue weighted by molar-refractivity contribution is 5.97. The number of hydrogen-bond donors (Lipinski definition) is 1. The predicted octanol–water partition coefficient (Wildman–Crippen LogP) is 2.18. The summed E-state index contributed by atoms with van der Waals surface area (Å²) in [5, 5.41) is 2.96. The van der Waals surface area contributed by atoms with Gasteiger partial charge in [-0.2, -0.15) is 0 Å². The van der Waals surface area contributed by atoms with Crippen molar-refractivity contribution in [2.45, 2.75) is 66.0 Å². The van der Waals surface area contributed by atoms with Crippen molar-refractivity contribution in [1.29, 1.82) is 0 Å². The summed E-state index contributed by atoms with van der Waals surface area (Å²) in [5.74, 6) is 0.949. The standard InChI is InChI=1S/C16H28N2O2/c1-6-10(2)12-14(19)17-13(16(3,4)5)15(20)18(12)9-11-7-8-11/h10-13H,6-9H2,1-5H3,(H,17,19). The second-order valence-electron chi connectivity index (χ2n) is 7.57. The van der Waals surface area contributed by atoms with Crippen LogP contribution in [-0.2, 0) is 9.59 Å². The molecule has 4 heteroatoms. The van der Waals surface area contributed by atoms with Crippen LogP contribution in [0.1, 0.15) is 53.9 Å². The van der Waals surface area contributed by atoms with Crippen molar-refractivity contribution in [2.75, 3.05) is 6.54 Å². The van der Waals surface area contributed by atoms with Gasteiger partial charge in [0.2, 0.25) is 11.8 Å². The molecule has 114 valence electrons. The lowest BCUT2D eigenvalue weighted by Gasteiger charge is -2.45. The van der Waals surface area contributed by atoms with E-state index in [1.54, 1.807) is 0 Å². The monoisotopic (exact) mass is 280 g/mol. The first-order valence-corrected chi connectivity index (χ1v) is 7.86. The molecule has 1 N–H and O–H groups in total. The second-order valence-corrected chi connectivity index (χ2v) is 7.57. The van der Waals surface area contributed by atoms with Crippen molar-refractivity contribution in [2.24, 2.45) is 17.3 Å². The SMILES string of the molecule is CCC(C)C1C(=O)NC(C(C)(C)C)C(=O)N1CC1CC1. The van der Waals surface area contributed by atoms with Gasteiger partial charge in [0.25, 0.3) is 0 Å². The van der Waals surface area contributed by atoms with Crippen molar-refractivity contribution in [3.63, 3.8) is 0 Å². The lowest BCUT2D eigenvalue weighted by Crippen LogP contribution is -2.68. The van der Waals surface area contributed by atoms with E-state index in [1.165, 1.54) is 12.8 Å². The Bertz CT molecular complexity index is 396. The van der Waals surface area contributed by atoms with E-state index in [1.807, 2.05) is 25.7 Å². The molecule has 0 radical (unpaired) electrons. The Labute approximate surface area is 122 Å². The number of carbonyl (C=O) groups excluding carboxylic acids is 2. The third-order valence-electron chi connectivity index (χ3n) is 4.62. The van der Waals surface area contributed by atoms with Crippen molar-refractivity contribution >= 4 is 11.8 Å². The molecule has 4 nitrogen and oxygen atoms in total. The van der Waals surface area contributed by atoms with Gasteiger partial charge in [-0.1, -0.05) is 41.0 Å². The van der Waals surface area contributed by atoms with Gasteiger partial charge < -0.3 is 10.2 Å². The Morgan fingerprint density at radius 3 is 2.35 bits per heavy atom. The lowest BCUT2D eigenvalue weighted by atomic mass is 9.82. The zero-order valence-corrected chi connectivity index (χ0v) is 13.4. The van der Waals surface area contributed by atoms with E-state index in [2.05, 4.69) is 19.2 Å². The first kappa shape index (κ1) is 15.3. The molecule has 1 saturated carbocycles. The lowest BCUT2D eigenvalue weighted by molar-refractivity contribution is -0.154. The normalized spacial score (nSPS) is 29.4. The first-order valence-electron chi connectivity index (χ1n) is 7.86. The van der Waals surface area contributed by atoms with Gasteiger partial charge in [0.15, 0.2) is 0 Å². The topological polar surface area (TPSA) is 49.4 Å². The quantitative estimate of drug-likeness (QED) is 0.858. The predicted molar refractivity (Wildman–Crippen MR) is 79.1 cm³/mol. The summed E-state index contributed by atoms with van der Waals surface area (Å²) in [6, 6.07) is -0.680. The molecule has 20 heavy (non-hydrogen) atoms. The van der Waals surface area contributed by atoms with E-state index in [0.717, 1.165) is 13.0 Å². The first-order chi connectivity index (χ1) is 9.25. The van der Waals surface area contributed by atoms with E-state index < -0.39 is 6.04 Å². The van der Waals surface area contributed by atoms with E-state index >= 15 is 0 Å². The molecule has 2 rings (SSSR count). The van der Waals surface area contributed by atoms with Crippen LogP contribution in [-0.4, -0.2) is 35.3 Å². The van der Waals surface area contributed by atoms with Crippen LogP contribution in [0.4, 0.5) is 0 Å². The molecule has 0 aromatic heterocycles. The van der Waals surface area contributed by atoms with Crippen LogP contribution < -0.4 is 5.32 Å². The van der Waals surface area contributed by atoms with Gasteiger partial charge in [0.05, 0.1) is 0 Å². The van der Waals surface area contributed by atoms with Gasteiger partial charge in [0, 0.05) is 6.54 Å². The third-order valence-corrected chi connectivity index (χ3v) is 4.62. The molecule has 3 unspecified atom stereocenters. The molecule has 2 aliphatic rings. The van der Waals surface area contributed by atoms with Crippen LogP contribution in [0.25, 0.3) is 0 Å². The molecule has 0 bridgehead atoms. The average molecular weight is 280 g/mol. The average Bonchev–Trinajstić information content (AvgIpc) is 3.15. The van der Waals surface area contributed by atoms with E-state index in [0.29, 0.717) is 5.92 Å². The van der Waals surface area contributed by atoms with Gasteiger partial charge >= 0.3 is 0 Å². The maximum absolute atomic E-state index is 12.8. The fourth-order valence-corrected chi connectivity index (χ4v) is 2.89. The molecule has 2 amide bonds. The van der Waals surface area contributed by atoms with Gasteiger partial charge in [-0.05, 0) is 30.1 Å². The molecule has 3 atom stereocenters. The number of nitrogens with zero attached hydrogens (tertiary/aromatic N) is 1. The van der Waals surface area contributed by atoms with Crippen molar-refractivity contribution < 1.29 is 9.59 Å². The molecule has 1 aliphatic heterocycles. The maximum atomic E-state index is 12.8. The number of carbonyl (C=O) groups is 2. The Kier molecular flexibility index (Phi) is 4.12. The molecule has 0 spiro atoms. The van der Waals surface area contributed by atoms with Crippen molar-refractivity contribution in [3.8, 4) is 0 Å². The minimum atomic E-state index is -0.394. The largest absolute Gasteiger partial charge is 0.342 e. The zero-order chi connectivity index (χ0) is 15.1. The van der Waals surface area contributed by atoms with Gasteiger partial charge in [-0.25, -0.2) is 0 Å². The fraction of sp³-hybridized carbons (Fsp3) is 0.875. The summed E-state index contributed by atoms with van der Waals surface area (Å²) in [7, 11) is 0. The van der Waals surface area contributed by atoms with Crippen molar-refractivity contribution in [1.82, 2.24) is 10.2 Å². The van der Waals surface area contributed by atoms with Crippen LogP contribution in [0, 0.1) is 17.3 Å². The second kappa shape index (κ2) is 5.38. The van der Waals surface area contributed by atoms with Gasteiger partial charge in [0.1, 0.15) is 12.1 Å². The van der Waals surface area contributed by atoms with Crippen molar-refractivity contribution in [3.05, 3.63) is 0 Å². The Morgan fingerprint density at radius 2 is 1.90 bits per heavy atom. The van der Waals surface area contributed by atoms with Gasteiger partial charge in [-0.15, -0.1) is 0 Å². The molecule has 1 saturated heterocycles. The Morgan fingerprint density at radius 1 is 1.30 bits per heavy atom. The highest BCUT2D eigenvalue weighted by Crippen LogP contribution is 2.34. The highest BCUT2D eigenvalue weighted by Gasteiger charge is 2.47. The summed E-state index contributed by atoms with van der Waals surface area (Å²) in [5.41, 5.74) is -0.241. The summed E-state index contributed by atoms with van der Waals surface area (Å²) >= 11 is 0. The minimum absolute atomic E-state index is 0.0273. The summed E-state index contributed by atoms with van der Waals surface area (Å²) in [4.78, 5) is 27.2. The van der Waals surface area contributed by atoms with Crippen LogP contribution in [0.2, 0.25) is 0 Å². The highest BCUT2D eigenvalue weighted by atomic mass is 16.2. The number of amides is 2. The van der Waals surface area contributed by atoms with E-state index in [-0.39, 0.29) is 29.2 Å². The summed E-state index contributed by atoms with van der Waals surface area (Å²) in [6.45, 7) is 10.9. The third kappa shape index (κ3) is 2.99. The molecule has 1 heterocycles. The van der Waals surface area contributed by atoms with Crippen LogP contribution in [0.3, 0.4) is 0 Å². The molecule has 2 fully saturated rings. The summed E-state index contributed by atoms with van der Waals surface area (Å²) < 4.78 is 0. The fourth-order valence-electron chi connectivity index (χ4n) is 2.89. The Balaban J connectivity index is 2.25. The minimum Gasteiger partial charge on any atom is -0.342 e. The van der Waals surface area contributed by atoms with Gasteiger partial charge in [-0.3, -0.25) is 9.59 Å². The molecular weight excluding hydrogens is 252 g/mol. The number of rotatable bonds is 4. The number of hydrogen-bond acceptors (Lipinski definition) is 2. The smallest absolute Gasteiger partial charge is 0.246 e. The maximum Gasteiger partial charge on any atom is 0.246 e. The van der Waals surface area contributed by atoms with Crippen LogP contribution >= 0.6 is 0 Å². The zero-order valence-electron chi connectivity index (χ0n) is 13.4. The molecule has 1 aliphatic carbocycles. The van der Waals surface area contributed by atoms with E-state index in [9.17, 15) is 9.59 Å². The number of piperazine rings is 1. The number of nitrogens with one attached hydrogen (secondary N) is 1. The Hall–Kier alpha value is -1.06. The molecular formula is C16H28N2O2. The van der Waals surface area contributed by atoms with Crippen LogP contribution in [0.15, 0.2) is 0 Å². The molecule has 0 aromatic rings. The summed E-state index contributed by atoms with van der Waals surface area (Å²) in [6.07, 6.45) is 3.30. The van der Waals surface area contributed by atoms with E-state index in [4.69, 9.17) is 0 Å². The molecule has 0 aromatic carbocycles.